The molecular weight excluding hydrogens is 262 g/mol. The van der Waals surface area contributed by atoms with Crippen molar-refractivity contribution in [1.29, 1.82) is 0 Å². The first kappa shape index (κ1) is 15.4. The Bertz CT molecular complexity index is 534. The monoisotopic (exact) mass is 285 g/mol. The molecule has 0 aromatic heterocycles. The molecule has 0 unspecified atom stereocenters. The van der Waals surface area contributed by atoms with Crippen molar-refractivity contribution in [1.82, 2.24) is 5.32 Å². The molecule has 0 fully saturated rings. The number of nitrogens with one attached hydrogen (secondary N) is 1. The third-order valence-corrected chi connectivity index (χ3v) is 3.64. The maximum absolute atomic E-state index is 5.18. The molecule has 0 saturated carbocycles. The summed E-state index contributed by atoms with van der Waals surface area (Å²) in [6.07, 6.45) is 1.00. The van der Waals surface area contributed by atoms with E-state index in [0.717, 1.165) is 24.5 Å². The van der Waals surface area contributed by atoms with E-state index in [9.17, 15) is 0 Å². The van der Waals surface area contributed by atoms with Crippen molar-refractivity contribution >= 4 is 0 Å². The van der Waals surface area contributed by atoms with Crippen molar-refractivity contribution in [3.8, 4) is 11.5 Å². The topological polar surface area (TPSA) is 30.5 Å². The van der Waals surface area contributed by atoms with E-state index in [1.54, 1.807) is 14.2 Å². The average molecular weight is 285 g/mol. The first-order chi connectivity index (χ1) is 10.2. The van der Waals surface area contributed by atoms with Crippen LogP contribution >= 0.6 is 0 Å². The fourth-order valence-electron chi connectivity index (χ4n) is 2.24. The summed E-state index contributed by atoms with van der Waals surface area (Å²) in [7, 11) is 3.37. The lowest BCUT2D eigenvalue weighted by molar-refractivity contribution is 0.414. The molecule has 0 aliphatic rings. The highest BCUT2D eigenvalue weighted by atomic mass is 16.5. The molecule has 0 heterocycles. The maximum Gasteiger partial charge on any atom is 0.118 e. The van der Waals surface area contributed by atoms with Gasteiger partial charge in [0.25, 0.3) is 0 Å². The fourth-order valence-corrected chi connectivity index (χ4v) is 2.24. The van der Waals surface area contributed by atoms with Crippen molar-refractivity contribution in [2.45, 2.75) is 19.4 Å². The van der Waals surface area contributed by atoms with Gasteiger partial charge in [-0.15, -0.1) is 0 Å². The Kier molecular flexibility index (Phi) is 5.64. The van der Waals surface area contributed by atoms with Crippen molar-refractivity contribution in [3.05, 3.63) is 59.7 Å². The van der Waals surface area contributed by atoms with Crippen LogP contribution in [0.4, 0.5) is 0 Å². The van der Waals surface area contributed by atoms with Crippen LogP contribution < -0.4 is 14.8 Å². The Balaban J connectivity index is 1.81. The molecule has 2 rings (SSSR count). The van der Waals surface area contributed by atoms with E-state index in [4.69, 9.17) is 9.47 Å². The molecule has 0 aliphatic heterocycles. The summed E-state index contributed by atoms with van der Waals surface area (Å²) in [4.78, 5) is 0. The molecule has 0 spiro atoms. The van der Waals surface area contributed by atoms with E-state index in [1.165, 1.54) is 11.1 Å². The molecule has 2 aromatic rings. The molecule has 0 radical (unpaired) electrons. The Morgan fingerprint density at radius 3 is 1.90 bits per heavy atom. The lowest BCUT2D eigenvalue weighted by Crippen LogP contribution is -2.21. The summed E-state index contributed by atoms with van der Waals surface area (Å²) in [5.41, 5.74) is 2.58. The quantitative estimate of drug-likeness (QED) is 0.843. The Labute approximate surface area is 126 Å². The van der Waals surface area contributed by atoms with Gasteiger partial charge in [-0.1, -0.05) is 24.3 Å². The smallest absolute Gasteiger partial charge is 0.118 e. The van der Waals surface area contributed by atoms with Crippen LogP contribution in [0.2, 0.25) is 0 Å². The standard InChI is InChI=1S/C18H23NO2/c1-14(16-6-10-18(21-3)11-7-16)19-13-12-15-4-8-17(20-2)9-5-15/h4-11,14,19H,12-13H2,1-3H3/t14-/m0/s1. The minimum atomic E-state index is 0.328. The van der Waals surface area contributed by atoms with Crippen molar-refractivity contribution in [2.24, 2.45) is 0 Å². The largest absolute Gasteiger partial charge is 0.497 e. The Morgan fingerprint density at radius 1 is 0.857 bits per heavy atom. The molecule has 0 saturated heterocycles. The van der Waals surface area contributed by atoms with E-state index in [-0.39, 0.29) is 0 Å². The predicted molar refractivity (Wildman–Crippen MR) is 86.1 cm³/mol. The third kappa shape index (κ3) is 4.50. The zero-order chi connectivity index (χ0) is 15.1. The van der Waals surface area contributed by atoms with Gasteiger partial charge in [-0.2, -0.15) is 0 Å². The molecule has 0 bridgehead atoms. The number of benzene rings is 2. The normalized spacial score (nSPS) is 12.0. The van der Waals surface area contributed by atoms with Gasteiger partial charge in [0, 0.05) is 6.04 Å². The van der Waals surface area contributed by atoms with Gasteiger partial charge in [0.05, 0.1) is 14.2 Å². The summed E-state index contributed by atoms with van der Waals surface area (Å²) in [5, 5.41) is 3.54. The van der Waals surface area contributed by atoms with Crippen molar-refractivity contribution < 1.29 is 9.47 Å². The highest BCUT2D eigenvalue weighted by Crippen LogP contribution is 2.17. The molecular formula is C18H23NO2. The number of hydrogen-bond acceptors (Lipinski definition) is 3. The second-order valence-corrected chi connectivity index (χ2v) is 5.05. The highest BCUT2D eigenvalue weighted by Gasteiger charge is 2.04. The molecule has 1 atom stereocenters. The second kappa shape index (κ2) is 7.70. The first-order valence-electron chi connectivity index (χ1n) is 7.23. The number of methoxy groups -OCH3 is 2. The number of hydrogen-bond donors (Lipinski definition) is 1. The van der Waals surface area contributed by atoms with Crippen LogP contribution in [0.15, 0.2) is 48.5 Å². The predicted octanol–water partition coefficient (Wildman–Crippen LogP) is 3.60. The van der Waals surface area contributed by atoms with Gasteiger partial charge in [0.1, 0.15) is 11.5 Å². The third-order valence-electron chi connectivity index (χ3n) is 3.64. The minimum absolute atomic E-state index is 0.328. The Hall–Kier alpha value is -2.00. The summed E-state index contributed by atoms with van der Waals surface area (Å²) in [6, 6.07) is 16.7. The maximum atomic E-state index is 5.18. The molecule has 112 valence electrons. The van der Waals surface area contributed by atoms with Crippen LogP contribution in [0.25, 0.3) is 0 Å². The lowest BCUT2D eigenvalue weighted by atomic mass is 10.1. The molecule has 0 amide bonds. The second-order valence-electron chi connectivity index (χ2n) is 5.05. The highest BCUT2D eigenvalue weighted by molar-refractivity contribution is 5.29. The van der Waals surface area contributed by atoms with E-state index in [2.05, 4.69) is 36.5 Å². The van der Waals surface area contributed by atoms with Gasteiger partial charge in [-0.05, 0) is 55.3 Å². The van der Waals surface area contributed by atoms with Crippen molar-refractivity contribution in [3.63, 3.8) is 0 Å². The van der Waals surface area contributed by atoms with Crippen molar-refractivity contribution in [2.75, 3.05) is 20.8 Å². The van der Waals surface area contributed by atoms with Gasteiger partial charge >= 0.3 is 0 Å². The summed E-state index contributed by atoms with van der Waals surface area (Å²) in [6.45, 7) is 3.12. The SMILES string of the molecule is COc1ccc(CCN[C@@H](C)c2ccc(OC)cc2)cc1. The summed E-state index contributed by atoms with van der Waals surface area (Å²) in [5.74, 6) is 1.79. The average Bonchev–Trinajstić information content (AvgIpc) is 2.55. The lowest BCUT2D eigenvalue weighted by Gasteiger charge is -2.14. The number of ether oxygens (including phenoxy) is 2. The van der Waals surface area contributed by atoms with Crippen LogP contribution in [0.1, 0.15) is 24.1 Å². The zero-order valence-corrected chi connectivity index (χ0v) is 12.9. The van der Waals surface area contributed by atoms with Crippen LogP contribution in [-0.2, 0) is 6.42 Å². The van der Waals surface area contributed by atoms with Crippen LogP contribution in [0.3, 0.4) is 0 Å². The van der Waals surface area contributed by atoms with Crippen LogP contribution in [0, 0.1) is 0 Å². The van der Waals surface area contributed by atoms with Gasteiger partial charge in [-0.3, -0.25) is 0 Å². The molecule has 21 heavy (non-hydrogen) atoms. The first-order valence-corrected chi connectivity index (χ1v) is 7.23. The molecule has 1 N–H and O–H groups in total. The number of rotatable bonds is 7. The zero-order valence-electron chi connectivity index (χ0n) is 12.9. The fraction of sp³-hybridized carbons (Fsp3) is 0.333. The molecule has 3 nitrogen and oxygen atoms in total. The minimum Gasteiger partial charge on any atom is -0.497 e. The summed E-state index contributed by atoms with van der Waals surface area (Å²) < 4.78 is 10.3. The van der Waals surface area contributed by atoms with Gasteiger partial charge in [-0.25, -0.2) is 0 Å². The molecule has 2 aromatic carbocycles. The van der Waals surface area contributed by atoms with Gasteiger partial charge in [0.15, 0.2) is 0 Å². The van der Waals surface area contributed by atoms with Gasteiger partial charge in [0.2, 0.25) is 0 Å². The van der Waals surface area contributed by atoms with E-state index >= 15 is 0 Å². The van der Waals surface area contributed by atoms with E-state index < -0.39 is 0 Å². The Morgan fingerprint density at radius 2 is 1.38 bits per heavy atom. The van der Waals surface area contributed by atoms with Gasteiger partial charge < -0.3 is 14.8 Å². The summed E-state index contributed by atoms with van der Waals surface area (Å²) >= 11 is 0. The van der Waals surface area contributed by atoms with Crippen LogP contribution in [-0.4, -0.2) is 20.8 Å². The van der Waals surface area contributed by atoms with Crippen LogP contribution in [0.5, 0.6) is 11.5 Å². The van der Waals surface area contributed by atoms with E-state index in [1.807, 2.05) is 24.3 Å². The van der Waals surface area contributed by atoms with E-state index in [0.29, 0.717) is 6.04 Å². The molecule has 0 aliphatic carbocycles. The molecule has 3 heteroatoms.